The van der Waals surface area contributed by atoms with Gasteiger partial charge >= 0.3 is 5.97 Å². The van der Waals surface area contributed by atoms with Crippen LogP contribution in [-0.4, -0.2) is 28.4 Å². The molecular formula is C16H21NO3. The Kier molecular flexibility index (Phi) is 4.77. The van der Waals surface area contributed by atoms with Crippen LogP contribution in [0.3, 0.4) is 0 Å². The molecule has 0 aromatic heterocycles. The first-order valence-electron chi connectivity index (χ1n) is 7.16. The van der Waals surface area contributed by atoms with Gasteiger partial charge in [-0.3, -0.25) is 9.59 Å². The molecule has 2 rings (SSSR count). The van der Waals surface area contributed by atoms with Crippen LogP contribution < -0.4 is 0 Å². The first-order valence-corrected chi connectivity index (χ1v) is 7.16. The van der Waals surface area contributed by atoms with Crippen molar-refractivity contribution in [3.63, 3.8) is 0 Å². The quantitative estimate of drug-likeness (QED) is 0.899. The van der Waals surface area contributed by atoms with Gasteiger partial charge in [0, 0.05) is 19.4 Å². The second kappa shape index (κ2) is 6.55. The smallest absolute Gasteiger partial charge is 0.303 e. The maximum Gasteiger partial charge on any atom is 0.303 e. The van der Waals surface area contributed by atoms with Crippen molar-refractivity contribution < 1.29 is 14.7 Å². The highest BCUT2D eigenvalue weighted by atomic mass is 16.4. The van der Waals surface area contributed by atoms with E-state index in [0.717, 1.165) is 19.4 Å². The van der Waals surface area contributed by atoms with Crippen molar-refractivity contribution in [2.75, 3.05) is 6.54 Å². The topological polar surface area (TPSA) is 57.6 Å². The SMILES string of the molecule is Cc1ccccc1C1CCCN1C(=O)CCCC(=O)O. The average molecular weight is 275 g/mol. The molecule has 1 N–H and O–H groups in total. The van der Waals surface area contributed by atoms with E-state index < -0.39 is 5.97 Å². The van der Waals surface area contributed by atoms with Crippen LogP contribution in [0.2, 0.25) is 0 Å². The fraction of sp³-hybridized carbons (Fsp3) is 0.500. The van der Waals surface area contributed by atoms with Crippen molar-refractivity contribution in [1.29, 1.82) is 0 Å². The molecule has 1 aliphatic rings. The molecule has 1 fully saturated rings. The van der Waals surface area contributed by atoms with Gasteiger partial charge in [-0.2, -0.15) is 0 Å². The Morgan fingerprint density at radius 2 is 2.05 bits per heavy atom. The molecule has 1 aliphatic heterocycles. The first kappa shape index (κ1) is 14.6. The third-order valence-electron chi connectivity index (χ3n) is 3.90. The molecule has 1 heterocycles. The number of aliphatic carboxylic acids is 1. The van der Waals surface area contributed by atoms with Crippen molar-refractivity contribution in [2.45, 2.75) is 45.1 Å². The van der Waals surface area contributed by atoms with Gasteiger partial charge in [0.2, 0.25) is 5.91 Å². The van der Waals surface area contributed by atoms with Gasteiger partial charge < -0.3 is 10.0 Å². The minimum Gasteiger partial charge on any atom is -0.481 e. The fourth-order valence-electron chi connectivity index (χ4n) is 2.88. The van der Waals surface area contributed by atoms with Crippen molar-refractivity contribution in [2.24, 2.45) is 0 Å². The lowest BCUT2D eigenvalue weighted by Crippen LogP contribution is -2.30. The summed E-state index contributed by atoms with van der Waals surface area (Å²) >= 11 is 0. The Hall–Kier alpha value is -1.84. The number of amides is 1. The summed E-state index contributed by atoms with van der Waals surface area (Å²) in [5.41, 5.74) is 2.43. The summed E-state index contributed by atoms with van der Waals surface area (Å²) in [5, 5.41) is 8.63. The zero-order valence-electron chi connectivity index (χ0n) is 11.8. The Labute approximate surface area is 119 Å². The maximum absolute atomic E-state index is 12.3. The average Bonchev–Trinajstić information content (AvgIpc) is 2.87. The van der Waals surface area contributed by atoms with Crippen LogP contribution in [0.1, 0.15) is 49.3 Å². The standard InChI is InChI=1S/C16H21NO3/c1-12-6-2-3-7-13(12)14-8-5-11-17(14)15(18)9-4-10-16(19)20/h2-3,6-7,14H,4-5,8-11H2,1H3,(H,19,20). The van der Waals surface area contributed by atoms with Crippen LogP contribution in [0.4, 0.5) is 0 Å². The molecular weight excluding hydrogens is 254 g/mol. The molecule has 20 heavy (non-hydrogen) atoms. The summed E-state index contributed by atoms with van der Waals surface area (Å²) in [4.78, 5) is 24.7. The van der Waals surface area contributed by atoms with E-state index in [9.17, 15) is 9.59 Å². The second-order valence-corrected chi connectivity index (χ2v) is 5.35. The Morgan fingerprint density at radius 1 is 1.30 bits per heavy atom. The number of rotatable bonds is 5. The number of hydrogen-bond acceptors (Lipinski definition) is 2. The molecule has 1 aromatic rings. The van der Waals surface area contributed by atoms with Crippen molar-refractivity contribution in [1.82, 2.24) is 4.90 Å². The van der Waals surface area contributed by atoms with Gasteiger partial charge in [0.15, 0.2) is 0 Å². The van der Waals surface area contributed by atoms with Gasteiger partial charge in [0.1, 0.15) is 0 Å². The lowest BCUT2D eigenvalue weighted by Gasteiger charge is -2.26. The molecule has 108 valence electrons. The Morgan fingerprint density at radius 3 is 2.75 bits per heavy atom. The monoisotopic (exact) mass is 275 g/mol. The van der Waals surface area contributed by atoms with Gasteiger partial charge in [-0.15, -0.1) is 0 Å². The van der Waals surface area contributed by atoms with E-state index in [1.165, 1.54) is 11.1 Å². The molecule has 1 unspecified atom stereocenters. The normalized spacial score (nSPS) is 18.2. The van der Waals surface area contributed by atoms with Crippen LogP contribution in [0.25, 0.3) is 0 Å². The summed E-state index contributed by atoms with van der Waals surface area (Å²) in [5.74, 6) is -0.758. The molecule has 4 heteroatoms. The highest BCUT2D eigenvalue weighted by molar-refractivity contribution is 5.77. The molecule has 1 atom stereocenters. The van der Waals surface area contributed by atoms with E-state index in [2.05, 4.69) is 19.1 Å². The van der Waals surface area contributed by atoms with Crippen molar-refractivity contribution in [3.05, 3.63) is 35.4 Å². The van der Waals surface area contributed by atoms with Crippen LogP contribution in [0.15, 0.2) is 24.3 Å². The summed E-state index contributed by atoms with van der Waals surface area (Å²) in [7, 11) is 0. The number of carboxylic acid groups (broad SMARTS) is 1. The molecule has 4 nitrogen and oxygen atoms in total. The molecule has 0 spiro atoms. The number of carboxylic acids is 1. The van der Waals surface area contributed by atoms with Crippen LogP contribution >= 0.6 is 0 Å². The largest absolute Gasteiger partial charge is 0.481 e. The highest BCUT2D eigenvalue weighted by Crippen LogP contribution is 2.34. The number of aryl methyl sites for hydroxylation is 1. The predicted octanol–water partition coefficient (Wildman–Crippen LogP) is 2.91. The summed E-state index contributed by atoms with van der Waals surface area (Å²) in [6.07, 6.45) is 2.83. The fourth-order valence-corrected chi connectivity index (χ4v) is 2.88. The van der Waals surface area contributed by atoms with E-state index in [0.29, 0.717) is 12.8 Å². The first-order chi connectivity index (χ1) is 9.59. The van der Waals surface area contributed by atoms with Gasteiger partial charge in [-0.05, 0) is 37.3 Å². The van der Waals surface area contributed by atoms with E-state index in [4.69, 9.17) is 5.11 Å². The van der Waals surface area contributed by atoms with Gasteiger partial charge in [0.05, 0.1) is 6.04 Å². The molecule has 0 bridgehead atoms. The molecule has 0 saturated carbocycles. The lowest BCUT2D eigenvalue weighted by atomic mass is 9.99. The molecule has 0 aliphatic carbocycles. The van der Waals surface area contributed by atoms with E-state index in [-0.39, 0.29) is 18.4 Å². The van der Waals surface area contributed by atoms with Gasteiger partial charge in [-0.25, -0.2) is 0 Å². The minimum atomic E-state index is -0.838. The number of hydrogen-bond donors (Lipinski definition) is 1. The Bertz CT molecular complexity index is 498. The predicted molar refractivity (Wildman–Crippen MR) is 76.4 cm³/mol. The number of carbonyl (C=O) groups excluding carboxylic acids is 1. The summed E-state index contributed by atoms with van der Waals surface area (Å²) in [6.45, 7) is 2.85. The number of nitrogens with zero attached hydrogens (tertiary/aromatic N) is 1. The van der Waals surface area contributed by atoms with E-state index in [1.807, 2.05) is 17.0 Å². The highest BCUT2D eigenvalue weighted by Gasteiger charge is 2.30. The van der Waals surface area contributed by atoms with Crippen LogP contribution in [0.5, 0.6) is 0 Å². The third-order valence-corrected chi connectivity index (χ3v) is 3.90. The van der Waals surface area contributed by atoms with E-state index >= 15 is 0 Å². The number of carbonyl (C=O) groups is 2. The summed E-state index contributed by atoms with van der Waals surface area (Å²) < 4.78 is 0. The molecule has 1 aromatic carbocycles. The van der Waals surface area contributed by atoms with Crippen LogP contribution in [0, 0.1) is 6.92 Å². The number of likely N-dealkylation sites (tertiary alicyclic amines) is 1. The molecule has 1 saturated heterocycles. The zero-order valence-corrected chi connectivity index (χ0v) is 11.8. The van der Waals surface area contributed by atoms with Crippen molar-refractivity contribution in [3.8, 4) is 0 Å². The second-order valence-electron chi connectivity index (χ2n) is 5.35. The van der Waals surface area contributed by atoms with Gasteiger partial charge in [0.25, 0.3) is 0 Å². The maximum atomic E-state index is 12.3. The third kappa shape index (κ3) is 3.38. The summed E-state index contributed by atoms with van der Waals surface area (Å²) in [6, 6.07) is 8.33. The molecule has 1 amide bonds. The van der Waals surface area contributed by atoms with Crippen LogP contribution in [-0.2, 0) is 9.59 Å². The minimum absolute atomic E-state index is 0.0641. The lowest BCUT2D eigenvalue weighted by molar-refractivity contribution is -0.137. The Balaban J connectivity index is 2.02. The zero-order chi connectivity index (χ0) is 14.5. The van der Waals surface area contributed by atoms with E-state index in [1.54, 1.807) is 0 Å². The molecule has 0 radical (unpaired) electrons. The number of benzene rings is 1. The van der Waals surface area contributed by atoms with Crippen molar-refractivity contribution >= 4 is 11.9 Å². The van der Waals surface area contributed by atoms with Gasteiger partial charge in [-0.1, -0.05) is 24.3 Å².